The number of thiophene rings is 1. The van der Waals surface area contributed by atoms with Crippen LogP contribution in [0.3, 0.4) is 0 Å². The lowest BCUT2D eigenvalue weighted by molar-refractivity contribution is -0.138. The average molecular weight is 341 g/mol. The van der Waals surface area contributed by atoms with E-state index in [9.17, 15) is 4.79 Å². The smallest absolute Gasteiger partial charge is 0.227 e. The molecule has 2 aliphatic rings. The molecule has 0 bridgehead atoms. The van der Waals surface area contributed by atoms with Crippen LogP contribution in [0.2, 0.25) is 0 Å². The summed E-state index contributed by atoms with van der Waals surface area (Å²) >= 11 is 1.82. The molecule has 0 unspecified atom stereocenters. The third-order valence-electron chi connectivity index (χ3n) is 5.10. The Morgan fingerprint density at radius 2 is 2.29 bits per heavy atom. The predicted octanol–water partition coefficient (Wildman–Crippen LogP) is 2.94. The molecule has 2 aliphatic heterocycles. The Bertz CT molecular complexity index is 700. The highest BCUT2D eigenvalue weighted by molar-refractivity contribution is 7.10. The van der Waals surface area contributed by atoms with Crippen molar-refractivity contribution < 1.29 is 4.79 Å². The third kappa shape index (κ3) is 3.37. The maximum atomic E-state index is 13.0. The van der Waals surface area contributed by atoms with Gasteiger partial charge in [-0.2, -0.15) is 0 Å². The van der Waals surface area contributed by atoms with E-state index in [2.05, 4.69) is 32.3 Å². The summed E-state index contributed by atoms with van der Waals surface area (Å²) in [4.78, 5) is 23.1. The van der Waals surface area contributed by atoms with Gasteiger partial charge < -0.3 is 4.90 Å². The Morgan fingerprint density at radius 3 is 3.17 bits per heavy atom. The monoisotopic (exact) mass is 341 g/mol. The predicted molar refractivity (Wildman–Crippen MR) is 95.7 cm³/mol. The summed E-state index contributed by atoms with van der Waals surface area (Å²) in [5.41, 5.74) is 2.58. The van der Waals surface area contributed by atoms with Crippen molar-refractivity contribution in [2.24, 2.45) is 5.92 Å². The number of carbonyl (C=O) groups excluding carboxylic acids is 1. The molecule has 0 N–H and O–H groups in total. The van der Waals surface area contributed by atoms with Crippen LogP contribution < -0.4 is 0 Å². The van der Waals surface area contributed by atoms with E-state index in [-0.39, 0.29) is 5.92 Å². The van der Waals surface area contributed by atoms with Gasteiger partial charge in [0.25, 0.3) is 0 Å². The van der Waals surface area contributed by atoms with Gasteiger partial charge in [0.05, 0.1) is 5.92 Å². The summed E-state index contributed by atoms with van der Waals surface area (Å²) in [6, 6.07) is 6.27. The van der Waals surface area contributed by atoms with Gasteiger partial charge >= 0.3 is 0 Å². The molecule has 4 rings (SSSR count). The molecule has 0 aromatic carbocycles. The van der Waals surface area contributed by atoms with Gasteiger partial charge in [-0.25, -0.2) is 0 Å². The normalized spacial score (nSPS) is 21.5. The fourth-order valence-electron chi connectivity index (χ4n) is 3.85. The molecule has 4 heterocycles. The van der Waals surface area contributed by atoms with E-state index in [0.29, 0.717) is 5.91 Å². The van der Waals surface area contributed by atoms with Crippen molar-refractivity contribution in [2.45, 2.75) is 32.4 Å². The molecular formula is C19H23N3OS. The standard InChI is InChI=1S/C19H23N3OS/c23-19(22-9-5-18-16(14-22)6-10-24-18)17-4-2-8-21(13-17)12-15-3-1-7-20-11-15/h1,3,6-7,10-11,17H,2,4-5,8-9,12-14H2/t17-/m0/s1. The summed E-state index contributed by atoms with van der Waals surface area (Å²) < 4.78 is 0. The van der Waals surface area contributed by atoms with E-state index in [1.54, 1.807) is 6.20 Å². The van der Waals surface area contributed by atoms with E-state index in [0.717, 1.165) is 52.0 Å². The molecular weight excluding hydrogens is 318 g/mol. The quantitative estimate of drug-likeness (QED) is 0.861. The van der Waals surface area contributed by atoms with Crippen molar-refractivity contribution in [1.29, 1.82) is 0 Å². The zero-order chi connectivity index (χ0) is 16.4. The van der Waals surface area contributed by atoms with Crippen LogP contribution in [0.5, 0.6) is 0 Å². The number of piperidine rings is 1. The maximum Gasteiger partial charge on any atom is 0.227 e. The summed E-state index contributed by atoms with van der Waals surface area (Å²) in [5, 5.41) is 2.15. The van der Waals surface area contributed by atoms with E-state index in [1.807, 2.05) is 23.6 Å². The van der Waals surface area contributed by atoms with Gasteiger partial charge in [0.15, 0.2) is 0 Å². The van der Waals surface area contributed by atoms with Crippen molar-refractivity contribution in [3.05, 3.63) is 52.0 Å². The molecule has 1 amide bonds. The number of fused-ring (bicyclic) bond motifs is 1. The van der Waals surface area contributed by atoms with Crippen LogP contribution in [-0.2, 0) is 24.3 Å². The first kappa shape index (κ1) is 15.8. The van der Waals surface area contributed by atoms with E-state index < -0.39 is 0 Å². The highest BCUT2D eigenvalue weighted by Gasteiger charge is 2.31. The molecule has 2 aromatic rings. The minimum atomic E-state index is 0.149. The minimum Gasteiger partial charge on any atom is -0.338 e. The van der Waals surface area contributed by atoms with Crippen molar-refractivity contribution in [3.63, 3.8) is 0 Å². The lowest BCUT2D eigenvalue weighted by Gasteiger charge is -2.36. The van der Waals surface area contributed by atoms with Crippen LogP contribution in [-0.4, -0.2) is 40.3 Å². The fourth-order valence-corrected chi connectivity index (χ4v) is 4.74. The number of rotatable bonds is 3. The summed E-state index contributed by atoms with van der Waals surface area (Å²) in [6.07, 6.45) is 6.88. The number of amides is 1. The molecule has 0 spiro atoms. The molecule has 1 fully saturated rings. The van der Waals surface area contributed by atoms with Gasteiger partial charge in [-0.3, -0.25) is 14.7 Å². The Hall–Kier alpha value is -1.72. The van der Waals surface area contributed by atoms with Crippen LogP contribution in [0.1, 0.15) is 28.8 Å². The fraction of sp³-hybridized carbons (Fsp3) is 0.474. The Balaban J connectivity index is 1.38. The second-order valence-corrected chi connectivity index (χ2v) is 7.82. The van der Waals surface area contributed by atoms with Crippen LogP contribution >= 0.6 is 11.3 Å². The topological polar surface area (TPSA) is 36.4 Å². The highest BCUT2D eigenvalue weighted by Crippen LogP contribution is 2.27. The molecule has 2 aromatic heterocycles. The van der Waals surface area contributed by atoms with Gasteiger partial charge in [-0.1, -0.05) is 6.07 Å². The first-order valence-electron chi connectivity index (χ1n) is 8.75. The Kier molecular flexibility index (Phi) is 4.63. The van der Waals surface area contributed by atoms with E-state index in [1.165, 1.54) is 16.0 Å². The first-order chi connectivity index (χ1) is 11.8. The minimum absolute atomic E-state index is 0.149. The zero-order valence-corrected chi connectivity index (χ0v) is 14.7. The van der Waals surface area contributed by atoms with Crippen LogP contribution in [0.25, 0.3) is 0 Å². The van der Waals surface area contributed by atoms with E-state index >= 15 is 0 Å². The van der Waals surface area contributed by atoms with Gasteiger partial charge in [-0.15, -0.1) is 11.3 Å². The summed E-state index contributed by atoms with van der Waals surface area (Å²) in [7, 11) is 0. The van der Waals surface area contributed by atoms with Crippen molar-refractivity contribution in [1.82, 2.24) is 14.8 Å². The Labute approximate surface area is 147 Å². The first-order valence-corrected chi connectivity index (χ1v) is 9.63. The molecule has 5 heteroatoms. The SMILES string of the molecule is O=C([C@H]1CCCN(Cc2cccnc2)C1)N1CCc2sccc2C1. The number of likely N-dealkylation sites (tertiary alicyclic amines) is 1. The molecule has 126 valence electrons. The van der Waals surface area contributed by atoms with Crippen molar-refractivity contribution in [3.8, 4) is 0 Å². The molecule has 1 atom stereocenters. The maximum absolute atomic E-state index is 13.0. The van der Waals surface area contributed by atoms with Gasteiger partial charge in [0, 0.05) is 43.4 Å². The highest BCUT2D eigenvalue weighted by atomic mass is 32.1. The van der Waals surface area contributed by atoms with Crippen molar-refractivity contribution >= 4 is 17.2 Å². The lowest BCUT2D eigenvalue weighted by Crippen LogP contribution is -2.45. The number of pyridine rings is 1. The zero-order valence-electron chi connectivity index (χ0n) is 13.9. The summed E-state index contributed by atoms with van der Waals surface area (Å²) in [5.74, 6) is 0.498. The second kappa shape index (κ2) is 7.03. The van der Waals surface area contributed by atoms with Gasteiger partial charge in [0.2, 0.25) is 5.91 Å². The van der Waals surface area contributed by atoms with Crippen LogP contribution in [0.15, 0.2) is 36.0 Å². The molecule has 0 aliphatic carbocycles. The average Bonchev–Trinajstić information content (AvgIpc) is 3.10. The number of aromatic nitrogens is 1. The van der Waals surface area contributed by atoms with Gasteiger partial charge in [-0.05, 0) is 54.4 Å². The van der Waals surface area contributed by atoms with E-state index in [4.69, 9.17) is 0 Å². The largest absolute Gasteiger partial charge is 0.338 e. The lowest BCUT2D eigenvalue weighted by atomic mass is 9.95. The second-order valence-electron chi connectivity index (χ2n) is 6.81. The molecule has 24 heavy (non-hydrogen) atoms. The number of hydrogen-bond donors (Lipinski definition) is 0. The summed E-state index contributed by atoms with van der Waals surface area (Å²) in [6.45, 7) is 4.53. The van der Waals surface area contributed by atoms with Crippen LogP contribution in [0, 0.1) is 5.92 Å². The Morgan fingerprint density at radius 1 is 1.33 bits per heavy atom. The third-order valence-corrected chi connectivity index (χ3v) is 6.13. The molecule has 0 saturated carbocycles. The molecule has 1 saturated heterocycles. The molecule has 0 radical (unpaired) electrons. The molecule has 4 nitrogen and oxygen atoms in total. The van der Waals surface area contributed by atoms with Crippen LogP contribution in [0.4, 0.5) is 0 Å². The van der Waals surface area contributed by atoms with Gasteiger partial charge in [0.1, 0.15) is 0 Å². The number of nitrogens with zero attached hydrogens (tertiary/aromatic N) is 3. The van der Waals surface area contributed by atoms with Crippen molar-refractivity contribution in [2.75, 3.05) is 19.6 Å². The number of carbonyl (C=O) groups is 1. The number of hydrogen-bond acceptors (Lipinski definition) is 4.